The average Bonchev–Trinajstić information content (AvgIpc) is 2.30. The Hall–Kier alpha value is -1.32. The van der Waals surface area contributed by atoms with Crippen LogP contribution in [-0.4, -0.2) is 16.1 Å². The minimum Gasteiger partial charge on any atom is -0.364 e. The van der Waals surface area contributed by atoms with Crippen LogP contribution in [0.1, 0.15) is 28.7 Å². The van der Waals surface area contributed by atoms with E-state index in [1.54, 1.807) is 6.42 Å². The number of carbonyl (C=O) groups is 1. The second-order valence-corrected chi connectivity index (χ2v) is 2.25. The lowest BCUT2D eigenvalue weighted by Gasteiger charge is -1.93. The van der Waals surface area contributed by atoms with Crippen LogP contribution in [0.5, 0.6) is 0 Å². The normalized spacial score (nSPS) is 10.0. The number of hydrogen-bond acceptors (Lipinski definition) is 2. The van der Waals surface area contributed by atoms with Crippen LogP contribution in [0, 0.1) is 13.3 Å². The van der Waals surface area contributed by atoms with Crippen molar-refractivity contribution in [1.82, 2.24) is 10.2 Å². The number of aromatic amines is 1. The molecule has 0 fully saturated rings. The van der Waals surface area contributed by atoms with E-state index in [2.05, 4.69) is 10.2 Å². The first-order valence-corrected chi connectivity index (χ1v) is 3.31. The quantitative estimate of drug-likeness (QED) is 0.643. The van der Waals surface area contributed by atoms with Gasteiger partial charge in [0.25, 0.3) is 5.91 Å². The summed E-state index contributed by atoms with van der Waals surface area (Å²) in [6.07, 6.45) is 1.80. The van der Waals surface area contributed by atoms with Gasteiger partial charge in [-0.05, 0) is 13.3 Å². The van der Waals surface area contributed by atoms with Gasteiger partial charge in [-0.3, -0.25) is 9.89 Å². The number of nitrogens with two attached hydrogens (primary N) is 1. The zero-order valence-corrected chi connectivity index (χ0v) is 6.51. The van der Waals surface area contributed by atoms with Crippen molar-refractivity contribution in [2.75, 3.05) is 0 Å². The van der Waals surface area contributed by atoms with E-state index in [0.717, 1.165) is 11.3 Å². The number of carbonyl (C=O) groups excluding carboxylic acids is 1. The Labute approximate surface area is 64.8 Å². The molecule has 1 heterocycles. The van der Waals surface area contributed by atoms with Crippen molar-refractivity contribution in [2.45, 2.75) is 13.8 Å². The minimum absolute atomic E-state index is 0.380. The van der Waals surface area contributed by atoms with Gasteiger partial charge >= 0.3 is 0 Å². The number of rotatable bonds is 2. The van der Waals surface area contributed by atoms with Gasteiger partial charge in [-0.15, -0.1) is 0 Å². The smallest absolute Gasteiger partial charge is 0.267 e. The van der Waals surface area contributed by atoms with Crippen LogP contribution in [0.2, 0.25) is 0 Å². The fourth-order valence-electron chi connectivity index (χ4n) is 0.982. The van der Waals surface area contributed by atoms with Gasteiger partial charge in [0.05, 0.1) is 5.69 Å². The van der Waals surface area contributed by atoms with Crippen molar-refractivity contribution in [1.29, 1.82) is 0 Å². The van der Waals surface area contributed by atoms with E-state index >= 15 is 0 Å². The van der Waals surface area contributed by atoms with Gasteiger partial charge in [0.2, 0.25) is 0 Å². The number of primary amides is 1. The molecule has 11 heavy (non-hydrogen) atoms. The van der Waals surface area contributed by atoms with Crippen molar-refractivity contribution < 1.29 is 4.79 Å². The van der Waals surface area contributed by atoms with Crippen LogP contribution < -0.4 is 5.73 Å². The molecule has 0 saturated heterocycles. The Balaban J connectivity index is 3.15. The molecule has 1 aromatic rings. The fraction of sp³-hybridized carbons (Fsp3) is 0.286. The van der Waals surface area contributed by atoms with Gasteiger partial charge in [0, 0.05) is 5.56 Å². The highest BCUT2D eigenvalue weighted by Crippen LogP contribution is 2.11. The van der Waals surface area contributed by atoms with Crippen molar-refractivity contribution >= 4 is 5.91 Å². The average molecular weight is 152 g/mol. The van der Waals surface area contributed by atoms with Crippen LogP contribution in [0.3, 0.4) is 0 Å². The lowest BCUT2D eigenvalue weighted by Crippen LogP contribution is -2.13. The molecular weight excluding hydrogens is 142 g/mol. The summed E-state index contributed by atoms with van der Waals surface area (Å²) in [5.74, 6) is -0.473. The highest BCUT2D eigenvalue weighted by molar-refractivity contribution is 5.92. The third-order valence-corrected chi connectivity index (χ3v) is 1.53. The van der Waals surface area contributed by atoms with Crippen LogP contribution in [0.4, 0.5) is 0 Å². The molecule has 0 saturated carbocycles. The van der Waals surface area contributed by atoms with E-state index < -0.39 is 5.91 Å². The van der Waals surface area contributed by atoms with Gasteiger partial charge in [0.15, 0.2) is 0 Å². The van der Waals surface area contributed by atoms with Gasteiger partial charge < -0.3 is 5.73 Å². The van der Waals surface area contributed by atoms with Crippen molar-refractivity contribution in [3.05, 3.63) is 23.4 Å². The summed E-state index contributed by atoms with van der Waals surface area (Å²) in [7, 11) is 0. The van der Waals surface area contributed by atoms with Crippen molar-refractivity contribution in [3.8, 4) is 0 Å². The minimum atomic E-state index is -0.473. The molecule has 0 atom stereocenters. The molecule has 0 aliphatic rings. The third-order valence-electron chi connectivity index (χ3n) is 1.53. The standard InChI is InChI=1S/C7H10N3O/c1-3-5-4(2)9-10-6(5)7(8)11/h3H,1-2H3,(H2,8,11)(H,9,10). The first kappa shape index (κ1) is 7.78. The van der Waals surface area contributed by atoms with Crippen molar-refractivity contribution in [2.24, 2.45) is 5.73 Å². The molecule has 0 bridgehead atoms. The number of H-pyrrole nitrogens is 1. The molecule has 59 valence electrons. The maximum absolute atomic E-state index is 10.7. The summed E-state index contributed by atoms with van der Waals surface area (Å²) in [4.78, 5) is 10.7. The summed E-state index contributed by atoms with van der Waals surface area (Å²) >= 11 is 0. The van der Waals surface area contributed by atoms with Crippen LogP contribution in [0.15, 0.2) is 0 Å². The van der Waals surface area contributed by atoms with E-state index in [-0.39, 0.29) is 0 Å². The molecule has 0 spiro atoms. The molecule has 3 N–H and O–H groups in total. The Morgan fingerprint density at radius 2 is 2.36 bits per heavy atom. The van der Waals surface area contributed by atoms with E-state index in [1.165, 1.54) is 0 Å². The predicted octanol–water partition coefficient (Wildman–Crippen LogP) is 0.389. The second-order valence-electron chi connectivity index (χ2n) is 2.25. The number of aromatic nitrogens is 2. The molecule has 0 aromatic carbocycles. The highest BCUT2D eigenvalue weighted by Gasteiger charge is 2.11. The molecule has 4 nitrogen and oxygen atoms in total. The first-order valence-electron chi connectivity index (χ1n) is 3.31. The van der Waals surface area contributed by atoms with E-state index in [4.69, 9.17) is 5.73 Å². The Kier molecular flexibility index (Phi) is 1.94. The van der Waals surface area contributed by atoms with Crippen LogP contribution in [0.25, 0.3) is 0 Å². The summed E-state index contributed by atoms with van der Waals surface area (Å²) < 4.78 is 0. The van der Waals surface area contributed by atoms with Crippen molar-refractivity contribution in [3.63, 3.8) is 0 Å². The van der Waals surface area contributed by atoms with Crippen LogP contribution >= 0.6 is 0 Å². The molecule has 4 heteroatoms. The zero-order chi connectivity index (χ0) is 8.43. The Morgan fingerprint density at radius 1 is 1.73 bits per heavy atom. The predicted molar refractivity (Wildman–Crippen MR) is 40.9 cm³/mol. The fourth-order valence-corrected chi connectivity index (χ4v) is 0.982. The van der Waals surface area contributed by atoms with Gasteiger partial charge in [-0.25, -0.2) is 0 Å². The van der Waals surface area contributed by atoms with E-state index in [1.807, 2.05) is 13.8 Å². The Morgan fingerprint density at radius 3 is 2.73 bits per heavy atom. The molecular formula is C7H10N3O. The number of nitrogens with zero attached hydrogens (tertiary/aromatic N) is 1. The molecule has 0 aliphatic heterocycles. The van der Waals surface area contributed by atoms with Gasteiger partial charge in [-0.2, -0.15) is 5.10 Å². The summed E-state index contributed by atoms with van der Waals surface area (Å²) in [5, 5.41) is 6.42. The third kappa shape index (κ3) is 1.24. The molecule has 1 radical (unpaired) electrons. The monoisotopic (exact) mass is 152 g/mol. The zero-order valence-electron chi connectivity index (χ0n) is 6.51. The van der Waals surface area contributed by atoms with E-state index in [0.29, 0.717) is 5.69 Å². The first-order chi connectivity index (χ1) is 5.16. The maximum atomic E-state index is 10.7. The Bertz CT molecular complexity index is 277. The summed E-state index contributed by atoms with van der Waals surface area (Å²) in [6, 6.07) is 0. The summed E-state index contributed by atoms with van der Waals surface area (Å²) in [6.45, 7) is 3.66. The molecule has 0 aliphatic carbocycles. The summed E-state index contributed by atoms with van der Waals surface area (Å²) in [5.41, 5.74) is 7.04. The van der Waals surface area contributed by atoms with Gasteiger partial charge in [-0.1, -0.05) is 6.92 Å². The number of aryl methyl sites for hydroxylation is 1. The number of amides is 1. The molecule has 1 amide bonds. The molecule has 1 aromatic heterocycles. The van der Waals surface area contributed by atoms with E-state index in [9.17, 15) is 4.79 Å². The van der Waals surface area contributed by atoms with Crippen LogP contribution in [-0.2, 0) is 0 Å². The lowest BCUT2D eigenvalue weighted by atomic mass is 10.1. The molecule has 1 rings (SSSR count). The number of hydrogen-bond donors (Lipinski definition) is 2. The largest absolute Gasteiger partial charge is 0.364 e. The van der Waals surface area contributed by atoms with Gasteiger partial charge in [0.1, 0.15) is 5.69 Å². The molecule has 0 unspecified atom stereocenters. The number of nitrogens with one attached hydrogen (secondary N) is 1. The topological polar surface area (TPSA) is 71.8 Å². The maximum Gasteiger partial charge on any atom is 0.267 e. The highest BCUT2D eigenvalue weighted by atomic mass is 16.1. The SMILES string of the molecule is C[CH]c1c(C)n[nH]c1C(N)=O. The second kappa shape index (κ2) is 2.74. The lowest BCUT2D eigenvalue weighted by molar-refractivity contribution is 0.0995.